The van der Waals surface area contributed by atoms with Gasteiger partial charge in [0, 0.05) is 30.6 Å². The zero-order valence-corrected chi connectivity index (χ0v) is 17.9. The second kappa shape index (κ2) is 11.2. The Morgan fingerprint density at radius 3 is 2.48 bits per heavy atom. The van der Waals surface area contributed by atoms with E-state index in [1.165, 1.54) is 5.56 Å². The molecule has 164 valence electrons. The standard InChI is InChI=1S/C24H29N3O4/c1-2-16-31-20-11-9-19(10-12-20)22(28)13-14-23(29)25-26-24(30)17-27-15-5-7-18-6-3-4-8-21(18)27/h3-4,6,8-12H,2,5,7,13-17H2,1H3,(H,25,29)(H,26,30). The van der Waals surface area contributed by atoms with Crippen LogP contribution in [0.2, 0.25) is 0 Å². The molecular formula is C24H29N3O4. The Bertz CT molecular complexity index is 911. The molecule has 0 aliphatic carbocycles. The van der Waals surface area contributed by atoms with Crippen molar-refractivity contribution >= 4 is 23.3 Å². The van der Waals surface area contributed by atoms with Crippen molar-refractivity contribution in [2.45, 2.75) is 39.0 Å². The van der Waals surface area contributed by atoms with Gasteiger partial charge in [-0.3, -0.25) is 25.2 Å². The summed E-state index contributed by atoms with van der Waals surface area (Å²) in [6.07, 6.45) is 2.98. The minimum atomic E-state index is -0.399. The highest BCUT2D eigenvalue weighted by atomic mass is 16.5. The summed E-state index contributed by atoms with van der Waals surface area (Å²) in [6.45, 7) is 3.62. The number of nitrogens with zero attached hydrogens (tertiary/aromatic N) is 1. The van der Waals surface area contributed by atoms with Crippen molar-refractivity contribution in [1.82, 2.24) is 10.9 Å². The molecule has 0 fully saturated rings. The first-order chi connectivity index (χ1) is 15.1. The molecule has 3 rings (SSSR count). The van der Waals surface area contributed by atoms with E-state index in [0.29, 0.717) is 12.2 Å². The Kier molecular flexibility index (Phi) is 8.04. The van der Waals surface area contributed by atoms with Crippen molar-refractivity contribution in [3.63, 3.8) is 0 Å². The SMILES string of the molecule is CCCOc1ccc(C(=O)CCC(=O)NNC(=O)CN2CCCc3ccccc32)cc1. The molecule has 7 nitrogen and oxygen atoms in total. The maximum Gasteiger partial charge on any atom is 0.257 e. The average molecular weight is 424 g/mol. The number of anilines is 1. The lowest BCUT2D eigenvalue weighted by atomic mass is 10.0. The summed E-state index contributed by atoms with van der Waals surface area (Å²) in [5.74, 6) is -0.105. The molecule has 0 unspecified atom stereocenters. The van der Waals surface area contributed by atoms with Crippen LogP contribution in [0.1, 0.15) is 48.5 Å². The molecule has 0 saturated heterocycles. The fourth-order valence-electron chi connectivity index (χ4n) is 3.52. The summed E-state index contributed by atoms with van der Waals surface area (Å²) in [7, 11) is 0. The van der Waals surface area contributed by atoms with Gasteiger partial charge in [-0.2, -0.15) is 0 Å². The summed E-state index contributed by atoms with van der Waals surface area (Å²) in [5.41, 5.74) is 7.67. The fourth-order valence-corrected chi connectivity index (χ4v) is 3.52. The van der Waals surface area contributed by atoms with Crippen LogP contribution in [0.4, 0.5) is 5.69 Å². The number of nitrogens with one attached hydrogen (secondary N) is 2. The second-order valence-electron chi connectivity index (χ2n) is 7.55. The molecule has 2 amide bonds. The number of ketones is 1. The van der Waals surface area contributed by atoms with Crippen LogP contribution in [-0.4, -0.2) is 37.3 Å². The molecule has 1 aliphatic heterocycles. The lowest BCUT2D eigenvalue weighted by Crippen LogP contribution is -2.47. The number of Topliss-reactive ketones (excluding diaryl/α,β-unsaturated/α-hetero) is 1. The molecule has 0 saturated carbocycles. The van der Waals surface area contributed by atoms with E-state index < -0.39 is 5.91 Å². The molecular weight excluding hydrogens is 394 g/mol. The van der Waals surface area contributed by atoms with Gasteiger partial charge in [0.25, 0.3) is 5.91 Å². The third-order valence-electron chi connectivity index (χ3n) is 5.11. The van der Waals surface area contributed by atoms with Crippen LogP contribution in [0.25, 0.3) is 0 Å². The molecule has 0 aromatic heterocycles. The lowest BCUT2D eigenvalue weighted by molar-refractivity contribution is -0.128. The molecule has 1 aliphatic rings. The molecule has 0 atom stereocenters. The smallest absolute Gasteiger partial charge is 0.257 e. The van der Waals surface area contributed by atoms with Crippen LogP contribution in [0.15, 0.2) is 48.5 Å². The lowest BCUT2D eigenvalue weighted by Gasteiger charge is -2.30. The number of carbonyl (C=O) groups is 3. The summed E-state index contributed by atoms with van der Waals surface area (Å²) < 4.78 is 5.50. The molecule has 2 aromatic rings. The van der Waals surface area contributed by atoms with Gasteiger partial charge in [-0.25, -0.2) is 0 Å². The van der Waals surface area contributed by atoms with E-state index in [9.17, 15) is 14.4 Å². The largest absolute Gasteiger partial charge is 0.494 e. The number of ether oxygens (including phenoxy) is 1. The minimum Gasteiger partial charge on any atom is -0.494 e. The number of carbonyl (C=O) groups excluding carboxylic acids is 3. The Hall–Kier alpha value is -3.35. The van der Waals surface area contributed by atoms with Crippen LogP contribution in [0.5, 0.6) is 5.75 Å². The normalized spacial score (nSPS) is 12.6. The first-order valence-electron chi connectivity index (χ1n) is 10.7. The van der Waals surface area contributed by atoms with Gasteiger partial charge in [0.15, 0.2) is 5.78 Å². The average Bonchev–Trinajstić information content (AvgIpc) is 2.80. The number of para-hydroxylation sites is 1. The maximum absolute atomic E-state index is 12.3. The van der Waals surface area contributed by atoms with Crippen molar-refractivity contribution < 1.29 is 19.1 Å². The number of amides is 2. The van der Waals surface area contributed by atoms with E-state index in [1.54, 1.807) is 24.3 Å². The van der Waals surface area contributed by atoms with Crippen LogP contribution < -0.4 is 20.5 Å². The first-order valence-corrected chi connectivity index (χ1v) is 10.7. The Morgan fingerprint density at radius 1 is 0.968 bits per heavy atom. The molecule has 0 bridgehead atoms. The van der Waals surface area contributed by atoms with E-state index in [0.717, 1.165) is 37.2 Å². The van der Waals surface area contributed by atoms with Crippen molar-refractivity contribution in [2.24, 2.45) is 0 Å². The van der Waals surface area contributed by atoms with Gasteiger partial charge in [0.05, 0.1) is 13.2 Å². The van der Waals surface area contributed by atoms with Gasteiger partial charge >= 0.3 is 0 Å². The van der Waals surface area contributed by atoms with Crippen molar-refractivity contribution in [2.75, 3.05) is 24.6 Å². The molecule has 2 N–H and O–H groups in total. The number of hydrogen-bond acceptors (Lipinski definition) is 5. The summed E-state index contributed by atoms with van der Waals surface area (Å²) in [6, 6.07) is 14.9. The highest BCUT2D eigenvalue weighted by Crippen LogP contribution is 2.26. The van der Waals surface area contributed by atoms with E-state index in [4.69, 9.17) is 4.74 Å². The maximum atomic E-state index is 12.3. The predicted molar refractivity (Wildman–Crippen MR) is 119 cm³/mol. The number of fused-ring (bicyclic) bond motifs is 1. The molecule has 2 aromatic carbocycles. The second-order valence-corrected chi connectivity index (χ2v) is 7.55. The molecule has 0 spiro atoms. The molecule has 0 radical (unpaired) electrons. The number of aryl methyl sites for hydroxylation is 1. The zero-order chi connectivity index (χ0) is 22.1. The first kappa shape index (κ1) is 22.3. The monoisotopic (exact) mass is 423 g/mol. The van der Waals surface area contributed by atoms with Crippen molar-refractivity contribution in [1.29, 1.82) is 0 Å². The third kappa shape index (κ3) is 6.57. The third-order valence-corrected chi connectivity index (χ3v) is 5.11. The van der Waals surface area contributed by atoms with E-state index in [-0.39, 0.29) is 31.1 Å². The van der Waals surface area contributed by atoms with Crippen LogP contribution in [0.3, 0.4) is 0 Å². The van der Waals surface area contributed by atoms with Crippen molar-refractivity contribution in [3.8, 4) is 5.75 Å². The van der Waals surface area contributed by atoms with Gasteiger partial charge in [-0.05, 0) is 55.2 Å². The van der Waals surface area contributed by atoms with Gasteiger partial charge in [-0.1, -0.05) is 25.1 Å². The summed E-state index contributed by atoms with van der Waals surface area (Å²) >= 11 is 0. The van der Waals surface area contributed by atoms with E-state index >= 15 is 0 Å². The number of rotatable bonds is 9. The van der Waals surface area contributed by atoms with Crippen LogP contribution in [0, 0.1) is 0 Å². The molecule has 1 heterocycles. The number of benzene rings is 2. The Balaban J connectivity index is 1.39. The number of hydrazine groups is 1. The zero-order valence-electron chi connectivity index (χ0n) is 17.9. The quantitative estimate of drug-likeness (QED) is 0.478. The van der Waals surface area contributed by atoms with E-state index in [2.05, 4.69) is 16.9 Å². The highest BCUT2D eigenvalue weighted by Gasteiger charge is 2.19. The molecule has 31 heavy (non-hydrogen) atoms. The van der Waals surface area contributed by atoms with E-state index in [1.807, 2.05) is 30.0 Å². The topological polar surface area (TPSA) is 87.7 Å². The van der Waals surface area contributed by atoms with Gasteiger partial charge in [-0.15, -0.1) is 0 Å². The Labute approximate surface area is 182 Å². The molecule has 7 heteroatoms. The van der Waals surface area contributed by atoms with Crippen molar-refractivity contribution in [3.05, 3.63) is 59.7 Å². The van der Waals surface area contributed by atoms with Crippen LogP contribution in [-0.2, 0) is 16.0 Å². The fraction of sp³-hybridized carbons (Fsp3) is 0.375. The summed E-state index contributed by atoms with van der Waals surface area (Å²) in [5, 5.41) is 0. The van der Waals surface area contributed by atoms with Gasteiger partial charge in [0.1, 0.15) is 5.75 Å². The highest BCUT2D eigenvalue weighted by molar-refractivity contribution is 5.98. The number of hydrogen-bond donors (Lipinski definition) is 2. The minimum absolute atomic E-state index is 0.000251. The summed E-state index contributed by atoms with van der Waals surface area (Å²) in [4.78, 5) is 38.6. The van der Waals surface area contributed by atoms with Gasteiger partial charge in [0.2, 0.25) is 5.91 Å². The predicted octanol–water partition coefficient (Wildman–Crippen LogP) is 3.04. The van der Waals surface area contributed by atoms with Crippen LogP contribution >= 0.6 is 0 Å². The Morgan fingerprint density at radius 2 is 1.71 bits per heavy atom. The van der Waals surface area contributed by atoms with Gasteiger partial charge < -0.3 is 9.64 Å².